The molecule has 0 aliphatic carbocycles. The first-order valence-electron chi connectivity index (χ1n) is 5.85. The van der Waals surface area contributed by atoms with Crippen molar-refractivity contribution in [2.24, 2.45) is 0 Å². The molecule has 98 valence electrons. The van der Waals surface area contributed by atoms with Crippen LogP contribution in [0.1, 0.15) is 15.9 Å². The van der Waals surface area contributed by atoms with Gasteiger partial charge in [0.25, 0.3) is 5.91 Å². The maximum absolute atomic E-state index is 12.3. The van der Waals surface area contributed by atoms with Gasteiger partial charge in [-0.15, -0.1) is 12.6 Å². The quantitative estimate of drug-likeness (QED) is 0.840. The third-order valence-electron chi connectivity index (χ3n) is 2.77. The second kappa shape index (κ2) is 6.26. The molecule has 2 aromatic carbocycles. The molecule has 2 rings (SSSR count). The lowest BCUT2D eigenvalue weighted by molar-refractivity contribution is 0.0785. The molecule has 0 spiro atoms. The summed E-state index contributed by atoms with van der Waals surface area (Å²) in [6.45, 7) is 0.586. The molecule has 0 atom stereocenters. The van der Waals surface area contributed by atoms with Gasteiger partial charge in [0.2, 0.25) is 0 Å². The van der Waals surface area contributed by atoms with E-state index in [9.17, 15) is 4.79 Å². The van der Waals surface area contributed by atoms with Gasteiger partial charge in [0.15, 0.2) is 0 Å². The molecule has 0 N–H and O–H groups in total. The summed E-state index contributed by atoms with van der Waals surface area (Å²) in [4.78, 5) is 14.7. The van der Waals surface area contributed by atoms with E-state index in [2.05, 4.69) is 28.6 Å². The lowest BCUT2D eigenvalue weighted by atomic mass is 10.1. The summed E-state index contributed by atoms with van der Waals surface area (Å²) in [5.41, 5.74) is 1.76. The van der Waals surface area contributed by atoms with Gasteiger partial charge >= 0.3 is 0 Å². The number of hydrogen-bond donors (Lipinski definition) is 1. The zero-order chi connectivity index (χ0) is 13.8. The molecule has 2 aromatic rings. The summed E-state index contributed by atoms with van der Waals surface area (Å²) in [5, 5.41) is 0. The van der Waals surface area contributed by atoms with Crippen LogP contribution < -0.4 is 0 Å². The molecule has 0 saturated heterocycles. The molecule has 0 aromatic heterocycles. The van der Waals surface area contributed by atoms with E-state index in [0.717, 1.165) is 14.9 Å². The molecular weight excluding hydrogens is 322 g/mol. The number of benzene rings is 2. The molecular formula is C15H14BrNOS. The van der Waals surface area contributed by atoms with E-state index in [-0.39, 0.29) is 5.91 Å². The number of thiol groups is 1. The normalized spacial score (nSPS) is 10.3. The van der Waals surface area contributed by atoms with Crippen LogP contribution in [0.5, 0.6) is 0 Å². The van der Waals surface area contributed by atoms with Crippen LogP contribution in [0.3, 0.4) is 0 Å². The fourth-order valence-corrected chi connectivity index (χ4v) is 2.28. The fourth-order valence-electron chi connectivity index (χ4n) is 1.79. The van der Waals surface area contributed by atoms with E-state index in [1.807, 2.05) is 36.4 Å². The maximum Gasteiger partial charge on any atom is 0.253 e. The van der Waals surface area contributed by atoms with Crippen molar-refractivity contribution in [1.82, 2.24) is 4.90 Å². The van der Waals surface area contributed by atoms with E-state index in [4.69, 9.17) is 0 Å². The molecule has 0 unspecified atom stereocenters. The Hall–Kier alpha value is -1.26. The van der Waals surface area contributed by atoms with Gasteiger partial charge in [0.05, 0.1) is 0 Å². The van der Waals surface area contributed by atoms with Crippen LogP contribution in [0.15, 0.2) is 57.9 Å². The van der Waals surface area contributed by atoms with Crippen LogP contribution in [-0.4, -0.2) is 17.9 Å². The van der Waals surface area contributed by atoms with Crippen LogP contribution in [0.25, 0.3) is 0 Å². The van der Waals surface area contributed by atoms with E-state index in [0.29, 0.717) is 12.1 Å². The van der Waals surface area contributed by atoms with Crippen molar-refractivity contribution >= 4 is 34.5 Å². The average molecular weight is 336 g/mol. The van der Waals surface area contributed by atoms with Crippen molar-refractivity contribution in [3.63, 3.8) is 0 Å². The van der Waals surface area contributed by atoms with Gasteiger partial charge in [0, 0.05) is 28.5 Å². The predicted molar refractivity (Wildman–Crippen MR) is 83.6 cm³/mol. The Balaban J connectivity index is 2.09. The summed E-state index contributed by atoms with van der Waals surface area (Å²) < 4.78 is 1.04. The molecule has 4 heteroatoms. The monoisotopic (exact) mass is 335 g/mol. The standard InChI is InChI=1S/C15H14BrNOS/c1-17(10-11-5-7-13(16)8-6-11)15(18)12-3-2-4-14(19)9-12/h2-9,19H,10H2,1H3. The Kier molecular flexibility index (Phi) is 4.66. The molecule has 0 bridgehead atoms. The lowest BCUT2D eigenvalue weighted by Gasteiger charge is -2.17. The number of carbonyl (C=O) groups is 1. The van der Waals surface area contributed by atoms with E-state index in [1.54, 1.807) is 24.1 Å². The molecule has 0 saturated carbocycles. The summed E-state index contributed by atoms with van der Waals surface area (Å²) in [6.07, 6.45) is 0. The zero-order valence-electron chi connectivity index (χ0n) is 10.5. The second-order valence-electron chi connectivity index (χ2n) is 4.34. The minimum Gasteiger partial charge on any atom is -0.337 e. The first-order valence-corrected chi connectivity index (χ1v) is 7.09. The Morgan fingerprint density at radius 2 is 1.89 bits per heavy atom. The molecule has 0 heterocycles. The van der Waals surface area contributed by atoms with Gasteiger partial charge in [-0.25, -0.2) is 0 Å². The zero-order valence-corrected chi connectivity index (χ0v) is 13.0. The van der Waals surface area contributed by atoms with Gasteiger partial charge in [-0.3, -0.25) is 4.79 Å². The van der Waals surface area contributed by atoms with Gasteiger partial charge < -0.3 is 4.90 Å². The van der Waals surface area contributed by atoms with Gasteiger partial charge in [-0.05, 0) is 35.9 Å². The minimum atomic E-state index is -0.00109. The number of amides is 1. The molecule has 2 nitrogen and oxygen atoms in total. The first-order chi connectivity index (χ1) is 9.06. The Morgan fingerprint density at radius 3 is 2.53 bits per heavy atom. The topological polar surface area (TPSA) is 20.3 Å². The minimum absolute atomic E-state index is 0.00109. The van der Waals surface area contributed by atoms with E-state index in [1.165, 1.54) is 0 Å². The molecule has 0 aliphatic heterocycles. The van der Waals surface area contributed by atoms with Crippen LogP contribution in [-0.2, 0) is 6.54 Å². The number of hydrogen-bond acceptors (Lipinski definition) is 2. The van der Waals surface area contributed by atoms with Crippen LogP contribution >= 0.6 is 28.6 Å². The third-order valence-corrected chi connectivity index (χ3v) is 3.58. The fraction of sp³-hybridized carbons (Fsp3) is 0.133. The van der Waals surface area contributed by atoms with Gasteiger partial charge in [-0.1, -0.05) is 34.1 Å². The Morgan fingerprint density at radius 1 is 1.21 bits per heavy atom. The summed E-state index contributed by atoms with van der Waals surface area (Å²) in [5.74, 6) is -0.00109. The summed E-state index contributed by atoms with van der Waals surface area (Å²) >= 11 is 7.65. The van der Waals surface area contributed by atoms with Crippen molar-refractivity contribution < 1.29 is 4.79 Å². The largest absolute Gasteiger partial charge is 0.337 e. The highest BCUT2D eigenvalue weighted by Crippen LogP contribution is 2.14. The molecule has 19 heavy (non-hydrogen) atoms. The van der Waals surface area contributed by atoms with E-state index >= 15 is 0 Å². The van der Waals surface area contributed by atoms with Crippen LogP contribution in [0.4, 0.5) is 0 Å². The Labute approximate surface area is 127 Å². The Bertz CT molecular complexity index is 583. The van der Waals surface area contributed by atoms with Crippen molar-refractivity contribution in [2.45, 2.75) is 11.4 Å². The van der Waals surface area contributed by atoms with Crippen LogP contribution in [0.2, 0.25) is 0 Å². The predicted octanol–water partition coefficient (Wildman–Crippen LogP) is 4.01. The van der Waals surface area contributed by atoms with Crippen molar-refractivity contribution in [2.75, 3.05) is 7.05 Å². The molecule has 1 amide bonds. The highest BCUT2D eigenvalue weighted by molar-refractivity contribution is 9.10. The summed E-state index contributed by atoms with van der Waals surface area (Å²) in [7, 11) is 1.80. The highest BCUT2D eigenvalue weighted by atomic mass is 79.9. The van der Waals surface area contributed by atoms with Gasteiger partial charge in [0.1, 0.15) is 0 Å². The number of rotatable bonds is 3. The summed E-state index contributed by atoms with van der Waals surface area (Å²) in [6, 6.07) is 15.2. The lowest BCUT2D eigenvalue weighted by Crippen LogP contribution is -2.26. The highest BCUT2D eigenvalue weighted by Gasteiger charge is 2.11. The van der Waals surface area contributed by atoms with Crippen molar-refractivity contribution in [1.29, 1.82) is 0 Å². The van der Waals surface area contributed by atoms with Crippen LogP contribution in [0, 0.1) is 0 Å². The second-order valence-corrected chi connectivity index (χ2v) is 5.77. The first kappa shape index (κ1) is 14.2. The smallest absolute Gasteiger partial charge is 0.253 e. The third kappa shape index (κ3) is 3.85. The maximum atomic E-state index is 12.3. The molecule has 0 radical (unpaired) electrons. The van der Waals surface area contributed by atoms with E-state index < -0.39 is 0 Å². The average Bonchev–Trinajstić information content (AvgIpc) is 2.40. The number of halogens is 1. The SMILES string of the molecule is CN(Cc1ccc(Br)cc1)C(=O)c1cccc(S)c1. The van der Waals surface area contributed by atoms with Crippen molar-refractivity contribution in [3.05, 3.63) is 64.1 Å². The molecule has 0 aliphatic rings. The molecule has 0 fully saturated rings. The number of carbonyl (C=O) groups excluding carboxylic acids is 1. The van der Waals surface area contributed by atoms with Gasteiger partial charge in [-0.2, -0.15) is 0 Å². The van der Waals surface area contributed by atoms with Crippen molar-refractivity contribution in [3.8, 4) is 0 Å². The number of nitrogens with zero attached hydrogens (tertiary/aromatic N) is 1.